The molecule has 0 saturated heterocycles. The third-order valence-corrected chi connectivity index (χ3v) is 15.8. The molecule has 0 saturated carbocycles. The Kier molecular flexibility index (Phi) is 8.20. The molecule has 0 atom stereocenters. The third-order valence-electron chi connectivity index (χ3n) is 15.8. The second kappa shape index (κ2) is 15.0. The van der Waals surface area contributed by atoms with Gasteiger partial charge in [-0.3, -0.25) is 0 Å². The average molecular weight is 911 g/mol. The monoisotopic (exact) mass is 910 g/mol. The maximum Gasteiger partial charge on any atom is 0.0540 e. The standard InChI is InChI=1S/C70H42N2/c1-3-17-49(18-4-1)71(63-39-31-47-27-25-43-13-11-15-45-29-35-59(63)67(47)65(43)45)51-33-37-57-61(41-51)53-21-7-9-23-55(53)70-58-38-34-52(42-62(58)54-22-8-10-24-56(54)69(57)70)72(50-19-5-2-6-20-50)64-40-32-48-28-26-44-14-12-16-46-30-36-60(64)68(48)66(44)46/h1-42H. The number of para-hydroxylation sites is 2. The van der Waals surface area contributed by atoms with Crippen molar-refractivity contribution in [1.29, 1.82) is 0 Å². The number of nitrogens with zero attached hydrogens (tertiary/aromatic N) is 2. The molecule has 0 unspecified atom stereocenters. The molecule has 16 aromatic carbocycles. The van der Waals surface area contributed by atoms with Crippen LogP contribution in [-0.4, -0.2) is 0 Å². The van der Waals surface area contributed by atoms with E-state index in [1.807, 2.05) is 0 Å². The van der Waals surface area contributed by atoms with Gasteiger partial charge in [-0.05, 0) is 168 Å². The first-order valence-electron chi connectivity index (χ1n) is 25.0. The molecule has 0 fully saturated rings. The van der Waals surface area contributed by atoms with Crippen molar-refractivity contribution in [3.8, 4) is 0 Å². The summed E-state index contributed by atoms with van der Waals surface area (Å²) >= 11 is 0. The van der Waals surface area contributed by atoms with E-state index < -0.39 is 0 Å². The maximum absolute atomic E-state index is 2.46. The zero-order valence-corrected chi connectivity index (χ0v) is 39.1. The second-order valence-corrected chi connectivity index (χ2v) is 19.5. The predicted molar refractivity (Wildman–Crippen MR) is 311 cm³/mol. The Labute approximate surface area is 415 Å². The highest BCUT2D eigenvalue weighted by Gasteiger charge is 2.24. The molecule has 0 aliphatic rings. The molecule has 0 amide bonds. The van der Waals surface area contributed by atoms with Gasteiger partial charge in [0, 0.05) is 33.5 Å². The fourth-order valence-electron chi connectivity index (χ4n) is 12.8. The first-order chi connectivity index (χ1) is 35.7. The summed E-state index contributed by atoms with van der Waals surface area (Å²) in [5.74, 6) is 0. The van der Waals surface area contributed by atoms with Gasteiger partial charge in [-0.2, -0.15) is 0 Å². The van der Waals surface area contributed by atoms with Crippen molar-refractivity contribution in [1.82, 2.24) is 0 Å². The Bertz CT molecular complexity index is 4520. The van der Waals surface area contributed by atoms with Gasteiger partial charge >= 0.3 is 0 Å². The summed E-state index contributed by atoms with van der Waals surface area (Å²) in [6.45, 7) is 0. The van der Waals surface area contributed by atoms with Crippen molar-refractivity contribution in [3.63, 3.8) is 0 Å². The van der Waals surface area contributed by atoms with Crippen molar-refractivity contribution in [2.75, 3.05) is 9.80 Å². The molecule has 0 bridgehead atoms. The Morgan fingerprint density at radius 1 is 0.167 bits per heavy atom. The molecule has 0 radical (unpaired) electrons. The fraction of sp³-hybridized carbons (Fsp3) is 0. The Morgan fingerprint density at radius 3 is 0.903 bits per heavy atom. The lowest BCUT2D eigenvalue weighted by atomic mass is 9.86. The summed E-state index contributed by atoms with van der Waals surface area (Å²) in [6, 6.07) is 95.1. The van der Waals surface area contributed by atoms with Crippen LogP contribution in [0.5, 0.6) is 0 Å². The number of fused-ring (bicyclic) bond motifs is 11. The third kappa shape index (κ3) is 5.55. The minimum absolute atomic E-state index is 1.12. The molecule has 2 nitrogen and oxygen atoms in total. The molecule has 332 valence electrons. The van der Waals surface area contributed by atoms with Crippen molar-refractivity contribution in [3.05, 3.63) is 255 Å². The molecule has 2 heteroatoms. The van der Waals surface area contributed by atoms with E-state index in [4.69, 9.17) is 0 Å². The van der Waals surface area contributed by atoms with E-state index in [-0.39, 0.29) is 0 Å². The lowest BCUT2D eigenvalue weighted by Crippen LogP contribution is -2.10. The van der Waals surface area contributed by atoms with Gasteiger partial charge in [0.25, 0.3) is 0 Å². The lowest BCUT2D eigenvalue weighted by molar-refractivity contribution is 1.31. The van der Waals surface area contributed by atoms with Crippen LogP contribution in [0.4, 0.5) is 34.1 Å². The summed E-state index contributed by atoms with van der Waals surface area (Å²) in [5.41, 5.74) is 6.81. The molecular weight excluding hydrogens is 869 g/mol. The molecule has 16 aromatic rings. The van der Waals surface area contributed by atoms with Crippen molar-refractivity contribution in [2.24, 2.45) is 0 Å². The molecule has 0 N–H and O–H groups in total. The van der Waals surface area contributed by atoms with Gasteiger partial charge in [0.2, 0.25) is 0 Å². The topological polar surface area (TPSA) is 6.48 Å². The summed E-state index contributed by atoms with van der Waals surface area (Å²) in [5, 5.41) is 27.9. The highest BCUT2D eigenvalue weighted by Crippen LogP contribution is 2.50. The second-order valence-electron chi connectivity index (χ2n) is 19.5. The quantitative estimate of drug-likeness (QED) is 0.153. The minimum Gasteiger partial charge on any atom is -0.310 e. The van der Waals surface area contributed by atoms with Gasteiger partial charge in [0.05, 0.1) is 11.4 Å². The van der Waals surface area contributed by atoms with Crippen LogP contribution < -0.4 is 9.80 Å². The van der Waals surface area contributed by atoms with Crippen LogP contribution in [0.25, 0.3) is 118 Å². The molecule has 0 aliphatic carbocycles. The molecular formula is C70H42N2. The van der Waals surface area contributed by atoms with E-state index in [1.54, 1.807) is 0 Å². The zero-order chi connectivity index (χ0) is 47.0. The Morgan fingerprint density at radius 2 is 0.486 bits per heavy atom. The van der Waals surface area contributed by atoms with Crippen LogP contribution >= 0.6 is 0 Å². The summed E-state index contributed by atoms with van der Waals surface area (Å²) in [6.07, 6.45) is 0. The highest BCUT2D eigenvalue weighted by atomic mass is 15.1. The largest absolute Gasteiger partial charge is 0.310 e. The van der Waals surface area contributed by atoms with E-state index in [0.717, 1.165) is 34.1 Å². The SMILES string of the molecule is c1ccc(N(c2ccc3c(c2)c2ccccc2c2c4ccc(N(c5ccccc5)c5ccc6ccc7cccc8ccc5c6c78)cc4c4ccccc4c32)c2ccc3ccc4cccc5ccc2c3c45)cc1. The van der Waals surface area contributed by atoms with Crippen molar-refractivity contribution in [2.45, 2.75) is 0 Å². The van der Waals surface area contributed by atoms with E-state index in [9.17, 15) is 0 Å². The van der Waals surface area contributed by atoms with Gasteiger partial charge in [-0.1, -0.05) is 194 Å². The number of rotatable bonds is 6. The van der Waals surface area contributed by atoms with Crippen molar-refractivity contribution < 1.29 is 0 Å². The Hall–Kier alpha value is -9.50. The van der Waals surface area contributed by atoms with Crippen LogP contribution in [0, 0.1) is 0 Å². The number of hydrogen-bond acceptors (Lipinski definition) is 2. The highest BCUT2D eigenvalue weighted by molar-refractivity contribution is 6.40. The Balaban J connectivity index is 0.944. The smallest absolute Gasteiger partial charge is 0.0540 e. The lowest BCUT2D eigenvalue weighted by Gasteiger charge is -2.29. The van der Waals surface area contributed by atoms with Crippen LogP contribution in [0.3, 0.4) is 0 Å². The van der Waals surface area contributed by atoms with E-state index in [1.165, 1.54) is 118 Å². The van der Waals surface area contributed by atoms with E-state index in [2.05, 4.69) is 265 Å². The van der Waals surface area contributed by atoms with Gasteiger partial charge in [0.15, 0.2) is 0 Å². The van der Waals surface area contributed by atoms with Crippen LogP contribution in [0.15, 0.2) is 255 Å². The maximum atomic E-state index is 2.46. The molecule has 0 heterocycles. The molecule has 0 spiro atoms. The number of anilines is 6. The minimum atomic E-state index is 1.12. The van der Waals surface area contributed by atoms with Gasteiger partial charge < -0.3 is 9.80 Å². The van der Waals surface area contributed by atoms with E-state index in [0.29, 0.717) is 0 Å². The number of benzene rings is 16. The molecule has 16 rings (SSSR count). The van der Waals surface area contributed by atoms with Gasteiger partial charge in [-0.15, -0.1) is 0 Å². The zero-order valence-electron chi connectivity index (χ0n) is 39.1. The van der Waals surface area contributed by atoms with Crippen LogP contribution in [0.2, 0.25) is 0 Å². The molecule has 72 heavy (non-hydrogen) atoms. The van der Waals surface area contributed by atoms with Crippen LogP contribution in [-0.2, 0) is 0 Å². The van der Waals surface area contributed by atoms with E-state index >= 15 is 0 Å². The van der Waals surface area contributed by atoms with Gasteiger partial charge in [0.1, 0.15) is 0 Å². The normalized spacial score (nSPS) is 12.2. The fourth-order valence-corrected chi connectivity index (χ4v) is 12.8. The molecule has 0 aromatic heterocycles. The first-order valence-corrected chi connectivity index (χ1v) is 25.0. The van der Waals surface area contributed by atoms with Crippen molar-refractivity contribution >= 4 is 153 Å². The van der Waals surface area contributed by atoms with Gasteiger partial charge in [-0.25, -0.2) is 0 Å². The average Bonchev–Trinajstić information content (AvgIpc) is 3.45. The first kappa shape index (κ1) is 39.4. The summed E-state index contributed by atoms with van der Waals surface area (Å²) < 4.78 is 0. The summed E-state index contributed by atoms with van der Waals surface area (Å²) in [7, 11) is 0. The predicted octanol–water partition coefficient (Wildman–Crippen LogP) is 20.2. The number of hydrogen-bond donors (Lipinski definition) is 0. The van der Waals surface area contributed by atoms with Crippen LogP contribution in [0.1, 0.15) is 0 Å². The molecule has 0 aliphatic heterocycles. The summed E-state index contributed by atoms with van der Waals surface area (Å²) in [4.78, 5) is 4.92.